The van der Waals surface area contributed by atoms with Crippen LogP contribution in [0.25, 0.3) is 22.3 Å². The van der Waals surface area contributed by atoms with Crippen LogP contribution in [0.4, 0.5) is 0 Å². The summed E-state index contributed by atoms with van der Waals surface area (Å²) in [5.74, 6) is 0.922. The minimum absolute atomic E-state index is 0.922. The number of hydrogen-bond donors (Lipinski definition) is 0. The molecule has 0 spiro atoms. The first-order chi connectivity index (χ1) is 8.22. The van der Waals surface area contributed by atoms with Crippen molar-refractivity contribution in [1.29, 1.82) is 0 Å². The van der Waals surface area contributed by atoms with Crippen LogP contribution in [0.2, 0.25) is 0 Å². The van der Waals surface area contributed by atoms with Crippen LogP contribution < -0.4 is 4.57 Å². The molecule has 0 atom stereocenters. The van der Waals surface area contributed by atoms with E-state index in [4.69, 9.17) is 4.42 Å². The number of pyridine rings is 1. The van der Waals surface area contributed by atoms with Gasteiger partial charge in [-0.25, -0.2) is 4.57 Å². The van der Waals surface area contributed by atoms with E-state index in [9.17, 15) is 0 Å². The summed E-state index contributed by atoms with van der Waals surface area (Å²) in [6, 6.07) is 12.5. The first kappa shape index (κ1) is 10.1. The summed E-state index contributed by atoms with van der Waals surface area (Å²) in [7, 11) is 2.01. The third-order valence-electron chi connectivity index (χ3n) is 2.94. The number of aryl methyl sites for hydroxylation is 2. The normalized spacial score (nSPS) is 10.9. The number of furan rings is 1. The molecule has 0 aliphatic rings. The average molecular weight is 224 g/mol. The first-order valence-corrected chi connectivity index (χ1v) is 5.68. The summed E-state index contributed by atoms with van der Waals surface area (Å²) in [6.07, 6.45) is 4.04. The molecule has 3 rings (SSSR count). The van der Waals surface area contributed by atoms with Crippen LogP contribution in [0, 0.1) is 6.92 Å². The molecule has 0 saturated carbocycles. The Balaban J connectivity index is 2.14. The van der Waals surface area contributed by atoms with Gasteiger partial charge in [-0.05, 0) is 24.6 Å². The molecule has 1 aromatic carbocycles. The molecule has 2 heterocycles. The molecule has 0 amide bonds. The number of benzene rings is 1. The van der Waals surface area contributed by atoms with E-state index >= 15 is 0 Å². The standard InChI is InChI=1S/C15H14NO/c1-11-3-4-13-10-15(17-14(13)9-11)12-5-7-16(2)8-6-12/h3-10H,1-2H3/q+1. The minimum atomic E-state index is 0.922. The van der Waals surface area contributed by atoms with Crippen LogP contribution in [0.1, 0.15) is 5.56 Å². The molecule has 0 fully saturated rings. The van der Waals surface area contributed by atoms with E-state index in [1.807, 2.05) is 24.0 Å². The molecule has 0 saturated heterocycles. The Kier molecular flexibility index (Phi) is 2.22. The van der Waals surface area contributed by atoms with E-state index in [0.717, 1.165) is 22.3 Å². The Morgan fingerprint density at radius 1 is 1.00 bits per heavy atom. The number of hydrogen-bond acceptors (Lipinski definition) is 1. The Bertz CT molecular complexity index is 665. The third kappa shape index (κ3) is 1.82. The maximum atomic E-state index is 5.87. The van der Waals surface area contributed by atoms with Gasteiger partial charge in [0.15, 0.2) is 12.4 Å². The van der Waals surface area contributed by atoms with Crippen LogP contribution in [-0.4, -0.2) is 0 Å². The van der Waals surface area contributed by atoms with Crippen molar-refractivity contribution in [1.82, 2.24) is 0 Å². The van der Waals surface area contributed by atoms with Crippen molar-refractivity contribution in [3.8, 4) is 11.3 Å². The fraction of sp³-hybridized carbons (Fsp3) is 0.133. The van der Waals surface area contributed by atoms with E-state index in [2.05, 4.69) is 43.3 Å². The molecule has 0 bridgehead atoms. The quantitative estimate of drug-likeness (QED) is 0.580. The van der Waals surface area contributed by atoms with Crippen molar-refractivity contribution in [2.45, 2.75) is 6.92 Å². The zero-order valence-electron chi connectivity index (χ0n) is 9.97. The van der Waals surface area contributed by atoms with Crippen LogP contribution in [-0.2, 0) is 7.05 Å². The smallest absolute Gasteiger partial charge is 0.169 e. The molecule has 0 aliphatic heterocycles. The maximum Gasteiger partial charge on any atom is 0.169 e. The first-order valence-electron chi connectivity index (χ1n) is 5.68. The van der Waals surface area contributed by atoms with Gasteiger partial charge in [0.25, 0.3) is 0 Å². The lowest BCUT2D eigenvalue weighted by Gasteiger charge is -1.93. The Morgan fingerprint density at radius 3 is 2.53 bits per heavy atom. The second-order valence-electron chi connectivity index (χ2n) is 4.40. The highest BCUT2D eigenvalue weighted by molar-refractivity contribution is 5.83. The third-order valence-corrected chi connectivity index (χ3v) is 2.94. The van der Waals surface area contributed by atoms with E-state index in [1.165, 1.54) is 5.56 Å². The molecule has 3 aromatic rings. The maximum absolute atomic E-state index is 5.87. The lowest BCUT2D eigenvalue weighted by molar-refractivity contribution is -0.671. The predicted molar refractivity (Wildman–Crippen MR) is 67.6 cm³/mol. The Morgan fingerprint density at radius 2 is 1.76 bits per heavy atom. The van der Waals surface area contributed by atoms with Gasteiger partial charge in [0.1, 0.15) is 18.4 Å². The predicted octanol–water partition coefficient (Wildman–Crippen LogP) is 3.23. The summed E-state index contributed by atoms with van der Waals surface area (Å²) in [5, 5.41) is 1.15. The fourth-order valence-corrected chi connectivity index (χ4v) is 1.95. The molecule has 17 heavy (non-hydrogen) atoms. The van der Waals surface area contributed by atoms with Gasteiger partial charge in [0.2, 0.25) is 0 Å². The second-order valence-corrected chi connectivity index (χ2v) is 4.40. The highest BCUT2D eigenvalue weighted by Gasteiger charge is 2.07. The SMILES string of the molecule is Cc1ccc2cc(-c3cc[n+](C)cc3)oc2c1. The molecule has 0 radical (unpaired) electrons. The minimum Gasteiger partial charge on any atom is -0.456 e. The molecule has 84 valence electrons. The van der Waals surface area contributed by atoms with Crippen LogP contribution in [0.3, 0.4) is 0 Å². The highest BCUT2D eigenvalue weighted by Crippen LogP contribution is 2.27. The summed E-state index contributed by atoms with van der Waals surface area (Å²) in [4.78, 5) is 0. The largest absolute Gasteiger partial charge is 0.456 e. The van der Waals surface area contributed by atoms with Gasteiger partial charge in [0.05, 0.1) is 0 Å². The van der Waals surface area contributed by atoms with Crippen molar-refractivity contribution >= 4 is 11.0 Å². The van der Waals surface area contributed by atoms with Gasteiger partial charge in [-0.2, -0.15) is 0 Å². The van der Waals surface area contributed by atoms with Crippen LogP contribution in [0.5, 0.6) is 0 Å². The number of fused-ring (bicyclic) bond motifs is 1. The van der Waals surface area contributed by atoms with Gasteiger partial charge in [-0.15, -0.1) is 0 Å². The molecule has 2 heteroatoms. The van der Waals surface area contributed by atoms with Crippen molar-refractivity contribution in [3.05, 3.63) is 54.4 Å². The lowest BCUT2D eigenvalue weighted by Crippen LogP contribution is -2.25. The molecule has 0 N–H and O–H groups in total. The lowest BCUT2D eigenvalue weighted by atomic mass is 10.1. The van der Waals surface area contributed by atoms with Crippen molar-refractivity contribution in [3.63, 3.8) is 0 Å². The van der Waals surface area contributed by atoms with Gasteiger partial charge in [-0.3, -0.25) is 0 Å². The fourth-order valence-electron chi connectivity index (χ4n) is 1.95. The topological polar surface area (TPSA) is 17.0 Å². The molecular formula is C15H14NO+. The number of aromatic nitrogens is 1. The van der Waals surface area contributed by atoms with E-state index in [-0.39, 0.29) is 0 Å². The number of nitrogens with zero attached hydrogens (tertiary/aromatic N) is 1. The highest BCUT2D eigenvalue weighted by atomic mass is 16.3. The van der Waals surface area contributed by atoms with Gasteiger partial charge in [-0.1, -0.05) is 12.1 Å². The zero-order chi connectivity index (χ0) is 11.8. The average Bonchev–Trinajstić information content (AvgIpc) is 2.72. The number of rotatable bonds is 1. The van der Waals surface area contributed by atoms with Crippen molar-refractivity contribution in [2.24, 2.45) is 7.05 Å². The Hall–Kier alpha value is -2.09. The van der Waals surface area contributed by atoms with Crippen molar-refractivity contribution in [2.75, 3.05) is 0 Å². The Labute approximate surface area is 100 Å². The molecule has 2 nitrogen and oxygen atoms in total. The molecule has 2 aromatic heterocycles. The van der Waals surface area contributed by atoms with Gasteiger partial charge < -0.3 is 4.42 Å². The van der Waals surface area contributed by atoms with Crippen LogP contribution >= 0.6 is 0 Å². The summed E-state index contributed by atoms with van der Waals surface area (Å²) in [6.45, 7) is 2.07. The van der Waals surface area contributed by atoms with E-state index < -0.39 is 0 Å². The van der Waals surface area contributed by atoms with E-state index in [1.54, 1.807) is 0 Å². The second kappa shape index (κ2) is 3.74. The van der Waals surface area contributed by atoms with E-state index in [0.29, 0.717) is 0 Å². The van der Waals surface area contributed by atoms with Gasteiger partial charge in [0, 0.05) is 23.1 Å². The molecule has 0 aliphatic carbocycles. The molecule has 0 unspecified atom stereocenters. The summed E-state index contributed by atoms with van der Waals surface area (Å²) < 4.78 is 7.88. The molecular weight excluding hydrogens is 210 g/mol. The van der Waals surface area contributed by atoms with Crippen molar-refractivity contribution < 1.29 is 8.98 Å². The van der Waals surface area contributed by atoms with Crippen LogP contribution in [0.15, 0.2) is 53.2 Å². The monoisotopic (exact) mass is 224 g/mol. The summed E-state index contributed by atoms with van der Waals surface area (Å²) >= 11 is 0. The van der Waals surface area contributed by atoms with Gasteiger partial charge >= 0.3 is 0 Å². The zero-order valence-corrected chi connectivity index (χ0v) is 9.97. The summed E-state index contributed by atoms with van der Waals surface area (Å²) in [5.41, 5.74) is 3.28.